The smallest absolute Gasteiger partial charge is 0.303 e. The maximum atomic E-state index is 10.3. The van der Waals surface area contributed by atoms with Crippen LogP contribution < -0.4 is 0 Å². The van der Waals surface area contributed by atoms with Gasteiger partial charge in [-0.05, 0) is 26.2 Å². The summed E-state index contributed by atoms with van der Waals surface area (Å²) in [4.78, 5) is 10.3. The third-order valence-electron chi connectivity index (χ3n) is 3.00. The Morgan fingerprint density at radius 2 is 1.35 bits per heavy atom. The number of carboxylic acids is 1. The van der Waals surface area contributed by atoms with E-state index in [0.717, 1.165) is 12.8 Å². The van der Waals surface area contributed by atoms with Gasteiger partial charge in [0.25, 0.3) is 0 Å². The van der Waals surface area contributed by atoms with E-state index in [2.05, 4.69) is 19.1 Å². The molecule has 0 heterocycles. The Kier molecular flexibility index (Phi) is 12.7. The second kappa shape index (κ2) is 13.3. The lowest BCUT2D eigenvalue weighted by molar-refractivity contribution is -0.137. The lowest BCUT2D eigenvalue weighted by Crippen LogP contribution is -1.93. The van der Waals surface area contributed by atoms with Gasteiger partial charge in [-0.1, -0.05) is 57.1 Å². The van der Waals surface area contributed by atoms with Crippen LogP contribution in [0.15, 0.2) is 12.2 Å². The van der Waals surface area contributed by atoms with Gasteiger partial charge in [0.2, 0.25) is 0 Å². The number of rotatable bonds is 12. The average molecular weight is 240 g/mol. The van der Waals surface area contributed by atoms with Crippen molar-refractivity contribution in [2.45, 2.75) is 77.6 Å². The summed E-state index contributed by atoms with van der Waals surface area (Å²) in [6, 6.07) is 0. The first kappa shape index (κ1) is 16.2. The number of hydrogen-bond donors (Lipinski definition) is 1. The molecule has 0 amide bonds. The lowest BCUT2D eigenvalue weighted by atomic mass is 10.1. The topological polar surface area (TPSA) is 37.3 Å². The van der Waals surface area contributed by atoms with Gasteiger partial charge in [0.15, 0.2) is 0 Å². The molecule has 2 heteroatoms. The van der Waals surface area contributed by atoms with Crippen molar-refractivity contribution in [3.05, 3.63) is 12.2 Å². The number of carboxylic acid groups (broad SMARTS) is 1. The van der Waals surface area contributed by atoms with Gasteiger partial charge in [-0.15, -0.1) is 0 Å². The minimum atomic E-state index is -0.661. The van der Waals surface area contributed by atoms with Crippen molar-refractivity contribution in [3.8, 4) is 0 Å². The molecule has 17 heavy (non-hydrogen) atoms. The fraction of sp³-hybridized carbons (Fsp3) is 0.800. The van der Waals surface area contributed by atoms with Crippen LogP contribution in [0.1, 0.15) is 77.6 Å². The predicted molar refractivity (Wildman–Crippen MR) is 73.2 cm³/mol. The molecule has 0 aromatic carbocycles. The molecule has 0 aliphatic rings. The largest absolute Gasteiger partial charge is 0.481 e. The van der Waals surface area contributed by atoms with E-state index in [1.807, 2.05) is 0 Å². The highest BCUT2D eigenvalue weighted by atomic mass is 16.4. The maximum Gasteiger partial charge on any atom is 0.303 e. The summed E-state index contributed by atoms with van der Waals surface area (Å²) >= 11 is 0. The van der Waals surface area contributed by atoms with Gasteiger partial charge in [0.1, 0.15) is 0 Å². The third-order valence-corrected chi connectivity index (χ3v) is 3.00. The van der Waals surface area contributed by atoms with E-state index in [1.54, 1.807) is 0 Å². The zero-order chi connectivity index (χ0) is 12.8. The molecule has 1 N–H and O–H groups in total. The van der Waals surface area contributed by atoms with Gasteiger partial charge in [-0.25, -0.2) is 0 Å². The number of allylic oxidation sites excluding steroid dienone is 2. The summed E-state index contributed by atoms with van der Waals surface area (Å²) < 4.78 is 0. The summed E-state index contributed by atoms with van der Waals surface area (Å²) in [5.74, 6) is -0.661. The third kappa shape index (κ3) is 15.2. The monoisotopic (exact) mass is 240 g/mol. The van der Waals surface area contributed by atoms with Crippen LogP contribution in [0.2, 0.25) is 0 Å². The summed E-state index contributed by atoms with van der Waals surface area (Å²) in [6.07, 6.45) is 17.0. The molecular formula is C15H28O2. The number of unbranched alkanes of at least 4 members (excludes halogenated alkanes) is 9. The van der Waals surface area contributed by atoms with Crippen LogP contribution >= 0.6 is 0 Å². The number of hydrogen-bond acceptors (Lipinski definition) is 1. The number of aliphatic carboxylic acids is 1. The molecule has 0 saturated carbocycles. The normalized spacial score (nSPS) is 11.1. The Bertz CT molecular complexity index is 197. The first-order valence-corrected chi connectivity index (χ1v) is 7.10. The fourth-order valence-electron chi connectivity index (χ4n) is 1.94. The van der Waals surface area contributed by atoms with E-state index in [1.165, 1.54) is 51.4 Å². The highest BCUT2D eigenvalue weighted by molar-refractivity contribution is 5.66. The first-order valence-electron chi connectivity index (χ1n) is 7.10. The van der Waals surface area contributed by atoms with E-state index in [4.69, 9.17) is 5.11 Å². The SMILES string of the molecule is C/C=C/CCCCCCCCCCCC(=O)O. The summed E-state index contributed by atoms with van der Waals surface area (Å²) in [5.41, 5.74) is 0. The van der Waals surface area contributed by atoms with Crippen LogP contribution in [-0.2, 0) is 4.79 Å². The van der Waals surface area contributed by atoms with Crippen LogP contribution in [0.3, 0.4) is 0 Å². The highest BCUT2D eigenvalue weighted by Gasteiger charge is 1.96. The molecule has 0 unspecified atom stereocenters. The predicted octanol–water partition coefficient (Wildman–Crippen LogP) is 4.94. The van der Waals surface area contributed by atoms with E-state index in [-0.39, 0.29) is 0 Å². The molecule has 0 aliphatic carbocycles. The molecule has 0 radical (unpaired) electrons. The van der Waals surface area contributed by atoms with Gasteiger partial charge >= 0.3 is 5.97 Å². The highest BCUT2D eigenvalue weighted by Crippen LogP contribution is 2.11. The van der Waals surface area contributed by atoms with E-state index < -0.39 is 5.97 Å². The molecule has 0 bridgehead atoms. The molecule has 0 saturated heterocycles. The minimum Gasteiger partial charge on any atom is -0.481 e. The minimum absolute atomic E-state index is 0.338. The molecule has 0 aliphatic heterocycles. The van der Waals surface area contributed by atoms with E-state index >= 15 is 0 Å². The summed E-state index contributed by atoms with van der Waals surface area (Å²) in [5, 5.41) is 8.47. The molecule has 0 fully saturated rings. The van der Waals surface area contributed by atoms with Crippen LogP contribution in [0.4, 0.5) is 0 Å². The molecule has 0 atom stereocenters. The Labute approximate surface area is 106 Å². The molecular weight excluding hydrogens is 212 g/mol. The maximum absolute atomic E-state index is 10.3. The zero-order valence-electron chi connectivity index (χ0n) is 11.3. The van der Waals surface area contributed by atoms with Crippen LogP contribution in [0.5, 0.6) is 0 Å². The fourth-order valence-corrected chi connectivity index (χ4v) is 1.94. The lowest BCUT2D eigenvalue weighted by Gasteiger charge is -2.01. The second-order valence-electron chi connectivity index (χ2n) is 4.68. The van der Waals surface area contributed by atoms with E-state index in [9.17, 15) is 4.79 Å². The van der Waals surface area contributed by atoms with Crippen LogP contribution in [0.25, 0.3) is 0 Å². The standard InChI is InChI=1S/C15H28O2/c1-2-3-4-5-6-7-8-9-10-11-12-13-14-15(16)17/h2-3H,4-14H2,1H3,(H,16,17)/b3-2+. The van der Waals surface area contributed by atoms with Crippen molar-refractivity contribution >= 4 is 5.97 Å². The van der Waals surface area contributed by atoms with Crippen molar-refractivity contribution in [2.24, 2.45) is 0 Å². The van der Waals surface area contributed by atoms with Gasteiger partial charge < -0.3 is 5.11 Å². The Morgan fingerprint density at radius 3 is 1.82 bits per heavy atom. The second-order valence-corrected chi connectivity index (χ2v) is 4.68. The zero-order valence-corrected chi connectivity index (χ0v) is 11.3. The Balaban J connectivity index is 2.96. The van der Waals surface area contributed by atoms with E-state index in [0.29, 0.717) is 6.42 Å². The quantitative estimate of drug-likeness (QED) is 0.387. The van der Waals surface area contributed by atoms with Crippen molar-refractivity contribution in [1.82, 2.24) is 0 Å². The van der Waals surface area contributed by atoms with Crippen LogP contribution in [0, 0.1) is 0 Å². The van der Waals surface area contributed by atoms with Crippen LogP contribution in [-0.4, -0.2) is 11.1 Å². The van der Waals surface area contributed by atoms with Crippen molar-refractivity contribution in [2.75, 3.05) is 0 Å². The van der Waals surface area contributed by atoms with Crippen molar-refractivity contribution in [1.29, 1.82) is 0 Å². The molecule has 0 rings (SSSR count). The summed E-state index contributed by atoms with van der Waals surface area (Å²) in [7, 11) is 0. The van der Waals surface area contributed by atoms with Gasteiger partial charge in [0, 0.05) is 6.42 Å². The Morgan fingerprint density at radius 1 is 0.882 bits per heavy atom. The van der Waals surface area contributed by atoms with Crippen molar-refractivity contribution < 1.29 is 9.90 Å². The van der Waals surface area contributed by atoms with Gasteiger partial charge in [-0.2, -0.15) is 0 Å². The Hall–Kier alpha value is -0.790. The average Bonchev–Trinajstić information content (AvgIpc) is 2.30. The molecule has 0 aromatic rings. The number of carbonyl (C=O) groups is 1. The molecule has 0 spiro atoms. The summed E-state index contributed by atoms with van der Waals surface area (Å²) in [6.45, 7) is 2.07. The van der Waals surface area contributed by atoms with Gasteiger partial charge in [0.05, 0.1) is 0 Å². The van der Waals surface area contributed by atoms with Gasteiger partial charge in [-0.3, -0.25) is 4.79 Å². The first-order chi connectivity index (χ1) is 8.27. The molecule has 2 nitrogen and oxygen atoms in total. The van der Waals surface area contributed by atoms with Crippen molar-refractivity contribution in [3.63, 3.8) is 0 Å². The molecule has 100 valence electrons. The molecule has 0 aromatic heterocycles.